The molecule has 2 aromatic rings. The lowest BCUT2D eigenvalue weighted by Gasteiger charge is -2.19. The zero-order valence-electron chi connectivity index (χ0n) is 20.4. The number of nitrogens with one attached hydrogen (secondary N) is 1. The normalized spacial score (nSPS) is 24.1. The number of hydrogen-bond acceptors (Lipinski definition) is 5. The van der Waals surface area contributed by atoms with Gasteiger partial charge >= 0.3 is 0 Å². The first-order chi connectivity index (χ1) is 17.0. The highest BCUT2D eigenvalue weighted by atomic mass is 16.5. The van der Waals surface area contributed by atoms with Crippen molar-refractivity contribution in [2.45, 2.75) is 70.2 Å². The Kier molecular flexibility index (Phi) is 8.22. The molecule has 1 fully saturated rings. The summed E-state index contributed by atoms with van der Waals surface area (Å²) < 4.78 is 6.34. The summed E-state index contributed by atoms with van der Waals surface area (Å²) in [6, 6.07) is 11.6. The third-order valence-electron chi connectivity index (χ3n) is 6.99. The van der Waals surface area contributed by atoms with E-state index in [1.807, 2.05) is 31.2 Å². The molecule has 1 aliphatic carbocycles. The quantitative estimate of drug-likeness (QED) is 0.374. The number of nitrogens with zero attached hydrogens (tertiary/aromatic N) is 1. The second-order valence-corrected chi connectivity index (χ2v) is 9.50. The van der Waals surface area contributed by atoms with Gasteiger partial charge in [0.25, 0.3) is 0 Å². The van der Waals surface area contributed by atoms with Crippen LogP contribution in [0, 0.1) is 23.7 Å². The number of aliphatic hydroxyl groups excluding tert-OH is 2. The SMILES string of the molecule is CC#CC[C@H](C)[C@H](O)C=C[C@@H]1[C@H]2c3cccc(CCCC(=O)Nc4ccccn4)c3O[C@H]2C[C@H]1O. The maximum Gasteiger partial charge on any atom is 0.225 e. The first-order valence-corrected chi connectivity index (χ1v) is 12.4. The molecule has 1 amide bonds. The van der Waals surface area contributed by atoms with Crippen LogP contribution in [0.5, 0.6) is 5.75 Å². The Labute approximate surface area is 207 Å². The zero-order valence-corrected chi connectivity index (χ0v) is 20.4. The number of hydrogen-bond donors (Lipinski definition) is 3. The molecule has 1 aromatic heterocycles. The standard InChI is InChI=1S/C29H34N2O4/c1-3-4-9-19(2)23(32)16-15-21-24(33)18-25-28(21)22-12-7-10-20(29(22)35-25)11-8-14-27(34)31-26-13-5-6-17-30-26/h5-7,10,12-13,15-17,19,21,23-25,28,32-33H,8-9,11,14,18H2,1-2H3,(H,30,31,34)/t19-,21-,23+,24+,25-,28-/m0/s1. The van der Waals surface area contributed by atoms with E-state index < -0.39 is 12.2 Å². The lowest BCUT2D eigenvalue weighted by atomic mass is 9.86. The average Bonchev–Trinajstić information content (AvgIpc) is 3.36. The topological polar surface area (TPSA) is 91.7 Å². The van der Waals surface area contributed by atoms with E-state index in [1.54, 1.807) is 25.3 Å². The number of para-hydroxylation sites is 1. The van der Waals surface area contributed by atoms with Crippen molar-refractivity contribution in [3.8, 4) is 17.6 Å². The first-order valence-electron chi connectivity index (χ1n) is 12.4. The van der Waals surface area contributed by atoms with E-state index in [0.717, 1.165) is 23.3 Å². The summed E-state index contributed by atoms with van der Waals surface area (Å²) in [6.07, 6.45) is 7.25. The van der Waals surface area contributed by atoms with Crippen LogP contribution in [0.4, 0.5) is 5.82 Å². The molecule has 0 radical (unpaired) electrons. The predicted octanol–water partition coefficient (Wildman–Crippen LogP) is 4.24. The van der Waals surface area contributed by atoms with Gasteiger partial charge in [0, 0.05) is 42.9 Å². The van der Waals surface area contributed by atoms with Gasteiger partial charge in [-0.05, 0) is 43.4 Å². The maximum atomic E-state index is 12.3. The van der Waals surface area contributed by atoms with E-state index in [9.17, 15) is 15.0 Å². The number of rotatable bonds is 9. The number of carbonyl (C=O) groups is 1. The summed E-state index contributed by atoms with van der Waals surface area (Å²) in [4.78, 5) is 16.4. The van der Waals surface area contributed by atoms with E-state index in [4.69, 9.17) is 4.74 Å². The fraction of sp³-hybridized carbons (Fsp3) is 0.448. The predicted molar refractivity (Wildman–Crippen MR) is 136 cm³/mol. The maximum absolute atomic E-state index is 12.3. The number of aromatic nitrogens is 1. The third kappa shape index (κ3) is 5.93. The number of amides is 1. The number of fused-ring (bicyclic) bond motifs is 3. The van der Waals surface area contributed by atoms with Crippen molar-refractivity contribution < 1.29 is 19.7 Å². The molecule has 6 nitrogen and oxygen atoms in total. The number of aliphatic hydroxyl groups is 2. The molecule has 2 aliphatic rings. The van der Waals surface area contributed by atoms with Crippen molar-refractivity contribution >= 4 is 11.7 Å². The highest BCUT2D eigenvalue weighted by Crippen LogP contribution is 2.52. The van der Waals surface area contributed by atoms with Crippen molar-refractivity contribution in [1.29, 1.82) is 0 Å². The fourth-order valence-electron chi connectivity index (χ4n) is 5.06. The molecule has 1 aliphatic heterocycles. The van der Waals surface area contributed by atoms with Crippen LogP contribution in [-0.2, 0) is 11.2 Å². The minimum Gasteiger partial charge on any atom is -0.489 e. The highest BCUT2D eigenvalue weighted by molar-refractivity contribution is 5.89. The van der Waals surface area contributed by atoms with Gasteiger partial charge in [-0.15, -0.1) is 11.8 Å². The molecule has 1 saturated carbocycles. The van der Waals surface area contributed by atoms with Gasteiger partial charge in [0.15, 0.2) is 0 Å². The van der Waals surface area contributed by atoms with Crippen molar-refractivity contribution in [1.82, 2.24) is 4.98 Å². The van der Waals surface area contributed by atoms with E-state index >= 15 is 0 Å². The van der Waals surface area contributed by atoms with Crippen molar-refractivity contribution in [2.24, 2.45) is 11.8 Å². The third-order valence-corrected chi connectivity index (χ3v) is 6.99. The van der Waals surface area contributed by atoms with Crippen LogP contribution in [0.25, 0.3) is 0 Å². The Hall–Kier alpha value is -3.14. The van der Waals surface area contributed by atoms with Gasteiger partial charge in [0.2, 0.25) is 5.91 Å². The van der Waals surface area contributed by atoms with Crippen LogP contribution in [0.15, 0.2) is 54.7 Å². The van der Waals surface area contributed by atoms with Crippen LogP contribution in [-0.4, -0.2) is 39.4 Å². The van der Waals surface area contributed by atoms with Crippen molar-refractivity contribution in [3.63, 3.8) is 0 Å². The molecule has 0 bridgehead atoms. The summed E-state index contributed by atoms with van der Waals surface area (Å²) >= 11 is 0. The molecule has 3 N–H and O–H groups in total. The molecule has 2 heterocycles. The molecule has 4 rings (SSSR count). The van der Waals surface area contributed by atoms with Gasteiger partial charge in [-0.2, -0.15) is 0 Å². The summed E-state index contributed by atoms with van der Waals surface area (Å²) in [6.45, 7) is 3.77. The van der Waals surface area contributed by atoms with Gasteiger partial charge < -0.3 is 20.3 Å². The number of aryl methyl sites for hydroxylation is 1. The van der Waals surface area contributed by atoms with Gasteiger partial charge in [-0.3, -0.25) is 4.79 Å². The first kappa shape index (κ1) is 25.0. The minimum absolute atomic E-state index is 0.0293. The fourth-order valence-corrected chi connectivity index (χ4v) is 5.06. The Morgan fingerprint density at radius 2 is 2.17 bits per heavy atom. The van der Waals surface area contributed by atoms with E-state index in [2.05, 4.69) is 34.3 Å². The molecule has 6 heteroatoms. The number of anilines is 1. The number of ether oxygens (including phenoxy) is 1. The highest BCUT2D eigenvalue weighted by Gasteiger charge is 2.48. The number of benzene rings is 1. The Morgan fingerprint density at radius 3 is 2.94 bits per heavy atom. The second-order valence-electron chi connectivity index (χ2n) is 9.50. The van der Waals surface area contributed by atoms with Crippen LogP contribution in [0.3, 0.4) is 0 Å². The van der Waals surface area contributed by atoms with Crippen LogP contribution in [0.2, 0.25) is 0 Å². The summed E-state index contributed by atoms with van der Waals surface area (Å²) in [7, 11) is 0. The molecule has 184 valence electrons. The molecule has 0 unspecified atom stereocenters. The van der Waals surface area contributed by atoms with Gasteiger partial charge in [0.05, 0.1) is 12.2 Å². The van der Waals surface area contributed by atoms with E-state index in [0.29, 0.717) is 31.5 Å². The summed E-state index contributed by atoms with van der Waals surface area (Å²) in [5.41, 5.74) is 2.20. The van der Waals surface area contributed by atoms with Crippen LogP contribution >= 0.6 is 0 Å². The van der Waals surface area contributed by atoms with E-state index in [-0.39, 0.29) is 29.8 Å². The molecular weight excluding hydrogens is 440 g/mol. The Morgan fingerprint density at radius 1 is 1.31 bits per heavy atom. The van der Waals surface area contributed by atoms with Gasteiger partial charge in [-0.1, -0.05) is 43.3 Å². The van der Waals surface area contributed by atoms with Crippen molar-refractivity contribution in [2.75, 3.05) is 5.32 Å². The summed E-state index contributed by atoms with van der Waals surface area (Å²) in [5.74, 6) is 7.26. The van der Waals surface area contributed by atoms with Crippen LogP contribution in [0.1, 0.15) is 56.6 Å². The largest absolute Gasteiger partial charge is 0.489 e. The van der Waals surface area contributed by atoms with Gasteiger partial charge in [0.1, 0.15) is 17.7 Å². The minimum atomic E-state index is -0.604. The smallest absolute Gasteiger partial charge is 0.225 e. The molecule has 6 atom stereocenters. The summed E-state index contributed by atoms with van der Waals surface area (Å²) in [5, 5.41) is 24.0. The lowest BCUT2D eigenvalue weighted by molar-refractivity contribution is -0.116. The second kappa shape index (κ2) is 11.5. The zero-order chi connectivity index (χ0) is 24.8. The molecule has 0 saturated heterocycles. The van der Waals surface area contributed by atoms with Crippen LogP contribution < -0.4 is 10.1 Å². The Bertz CT molecular complexity index is 1100. The molecule has 1 aromatic carbocycles. The number of carbonyl (C=O) groups excluding carboxylic acids is 1. The molecular formula is C29H34N2O4. The molecule has 0 spiro atoms. The number of pyridine rings is 1. The van der Waals surface area contributed by atoms with E-state index in [1.165, 1.54) is 0 Å². The van der Waals surface area contributed by atoms with Crippen molar-refractivity contribution in [3.05, 3.63) is 65.9 Å². The van der Waals surface area contributed by atoms with Gasteiger partial charge in [-0.25, -0.2) is 4.98 Å². The monoisotopic (exact) mass is 474 g/mol. The lowest BCUT2D eigenvalue weighted by Crippen LogP contribution is -2.19. The molecule has 35 heavy (non-hydrogen) atoms. The Balaban J connectivity index is 1.39. The average molecular weight is 475 g/mol.